The van der Waals surface area contributed by atoms with Crippen molar-refractivity contribution in [2.24, 2.45) is 0 Å². The summed E-state index contributed by atoms with van der Waals surface area (Å²) in [5, 5.41) is 2.72. The van der Waals surface area contributed by atoms with Crippen LogP contribution < -0.4 is 20.2 Å². The second kappa shape index (κ2) is 9.37. The van der Waals surface area contributed by atoms with E-state index in [-0.39, 0.29) is 45.8 Å². The first kappa shape index (κ1) is 23.6. The van der Waals surface area contributed by atoms with Crippen LogP contribution in [0, 0.1) is 0 Å². The maximum atomic E-state index is 13.2. The molecular formula is C24H21N3O8. The molecular weight excluding hydrogens is 458 g/mol. The van der Waals surface area contributed by atoms with Crippen LogP contribution in [-0.4, -0.2) is 55.0 Å². The van der Waals surface area contributed by atoms with Crippen LogP contribution in [0.5, 0.6) is 11.5 Å². The summed E-state index contributed by atoms with van der Waals surface area (Å²) in [7, 11) is 3.94. The van der Waals surface area contributed by atoms with E-state index in [1.54, 1.807) is 18.2 Å². The number of ketones is 1. The number of ether oxygens (including phenoxy) is 3. The Hall–Kier alpha value is -4.54. The van der Waals surface area contributed by atoms with E-state index >= 15 is 0 Å². The molecule has 1 aliphatic carbocycles. The van der Waals surface area contributed by atoms with Gasteiger partial charge in [0.2, 0.25) is 11.7 Å². The van der Waals surface area contributed by atoms with Crippen LogP contribution in [0.4, 0.5) is 0 Å². The summed E-state index contributed by atoms with van der Waals surface area (Å²) in [6.45, 7) is 1.23. The highest BCUT2D eigenvalue weighted by Crippen LogP contribution is 2.40. The molecule has 1 unspecified atom stereocenters. The Kier molecular flexibility index (Phi) is 6.32. The molecule has 0 fully saturated rings. The average molecular weight is 479 g/mol. The number of nitrogens with zero attached hydrogens (tertiary/aromatic N) is 2. The van der Waals surface area contributed by atoms with Crippen LogP contribution in [0.15, 0.2) is 39.7 Å². The standard InChI is InChI=1S/C24H21N3O8/c1-11(28)26-13(24(31)34-4)10-14(29)12-6-5-7-16-18(12)27-20-17-15(32-2)8-9-25-19(17)21(30)23(33-3)22(20)35-16/h5-9,13H,10H2,1-4H3,(H,26,28). The molecule has 0 saturated carbocycles. The zero-order chi connectivity index (χ0) is 25.3. The van der Waals surface area contributed by atoms with E-state index in [0.717, 1.165) is 7.11 Å². The zero-order valence-electron chi connectivity index (χ0n) is 19.3. The first-order valence-corrected chi connectivity index (χ1v) is 10.4. The van der Waals surface area contributed by atoms with Crippen molar-refractivity contribution in [3.05, 3.63) is 46.2 Å². The van der Waals surface area contributed by atoms with E-state index in [2.05, 4.69) is 15.3 Å². The monoisotopic (exact) mass is 479 g/mol. The Labute approximate surface area is 198 Å². The van der Waals surface area contributed by atoms with Crippen molar-refractivity contribution in [2.45, 2.75) is 19.4 Å². The van der Waals surface area contributed by atoms with Gasteiger partial charge in [-0.15, -0.1) is 0 Å². The van der Waals surface area contributed by atoms with Crippen molar-refractivity contribution in [1.29, 1.82) is 0 Å². The molecule has 2 aromatic rings. The van der Waals surface area contributed by atoms with Crippen LogP contribution in [0.1, 0.15) is 23.7 Å². The number of carbonyl (C=O) groups excluding carboxylic acids is 3. The number of aromatic nitrogens is 2. The fourth-order valence-electron chi connectivity index (χ4n) is 3.88. The summed E-state index contributed by atoms with van der Waals surface area (Å²) >= 11 is 0. The van der Waals surface area contributed by atoms with Crippen LogP contribution in [-0.2, 0) is 14.3 Å². The van der Waals surface area contributed by atoms with Crippen molar-refractivity contribution in [3.63, 3.8) is 0 Å². The van der Waals surface area contributed by atoms with Gasteiger partial charge < -0.3 is 23.9 Å². The number of pyridine rings is 1. The lowest BCUT2D eigenvalue weighted by molar-refractivity contribution is -0.144. The molecule has 0 spiro atoms. The summed E-state index contributed by atoms with van der Waals surface area (Å²) < 4.78 is 21.4. The molecule has 11 nitrogen and oxygen atoms in total. The molecule has 1 atom stereocenters. The lowest BCUT2D eigenvalue weighted by Crippen LogP contribution is -2.41. The number of Topliss-reactive ketones (excluding diaryl/α,β-unsaturated/α-hetero) is 1. The Bertz CT molecular complexity index is 1510. The molecule has 1 aromatic heterocycles. The van der Waals surface area contributed by atoms with Gasteiger partial charge in [0, 0.05) is 25.1 Å². The molecule has 1 aromatic carbocycles. The van der Waals surface area contributed by atoms with Gasteiger partial charge in [0.15, 0.2) is 17.1 Å². The minimum Gasteiger partial charge on any atom is -0.496 e. The van der Waals surface area contributed by atoms with Gasteiger partial charge in [-0.3, -0.25) is 19.4 Å². The van der Waals surface area contributed by atoms with Gasteiger partial charge >= 0.3 is 5.97 Å². The third kappa shape index (κ3) is 4.12. The topological polar surface area (TPSA) is 147 Å². The predicted molar refractivity (Wildman–Crippen MR) is 124 cm³/mol. The second-order valence-electron chi connectivity index (χ2n) is 7.55. The van der Waals surface area contributed by atoms with Crippen molar-refractivity contribution in [3.8, 4) is 23.0 Å². The smallest absolute Gasteiger partial charge is 0.328 e. The number of rotatable bonds is 7. The number of esters is 1. The lowest BCUT2D eigenvalue weighted by Gasteiger charge is -2.17. The van der Waals surface area contributed by atoms with Crippen molar-refractivity contribution in [2.75, 3.05) is 21.3 Å². The van der Waals surface area contributed by atoms with Gasteiger partial charge in [-0.2, -0.15) is 0 Å². The summed E-state index contributed by atoms with van der Waals surface area (Å²) in [5.41, 5.74) is 0.314. The van der Waals surface area contributed by atoms with Gasteiger partial charge in [-0.05, 0) is 18.2 Å². The highest BCUT2D eigenvalue weighted by molar-refractivity contribution is 6.09. The van der Waals surface area contributed by atoms with Gasteiger partial charge in [-0.25, -0.2) is 9.78 Å². The second-order valence-corrected chi connectivity index (χ2v) is 7.55. The number of hydrogen-bond acceptors (Lipinski definition) is 10. The summed E-state index contributed by atoms with van der Waals surface area (Å²) in [6.07, 6.45) is 1.06. The first-order chi connectivity index (χ1) is 16.8. The molecule has 1 amide bonds. The molecule has 4 rings (SSSR count). The third-order valence-electron chi connectivity index (χ3n) is 5.40. The Morgan fingerprint density at radius 2 is 1.86 bits per heavy atom. The Morgan fingerprint density at radius 1 is 1.09 bits per heavy atom. The van der Waals surface area contributed by atoms with Gasteiger partial charge in [0.1, 0.15) is 28.5 Å². The van der Waals surface area contributed by atoms with E-state index in [9.17, 15) is 19.2 Å². The van der Waals surface area contributed by atoms with E-state index in [0.29, 0.717) is 11.1 Å². The quantitative estimate of drug-likeness (QED) is 0.181. The van der Waals surface area contributed by atoms with Crippen LogP contribution in [0.3, 0.4) is 0 Å². The summed E-state index contributed by atoms with van der Waals surface area (Å²) in [6, 6.07) is 5.08. The Balaban J connectivity index is 1.97. The molecule has 2 aliphatic rings. The number of benzene rings is 2. The van der Waals surface area contributed by atoms with E-state index < -0.39 is 29.1 Å². The van der Waals surface area contributed by atoms with Gasteiger partial charge in [-0.1, -0.05) is 6.07 Å². The number of para-hydroxylation sites is 1. The summed E-state index contributed by atoms with van der Waals surface area (Å²) in [5.74, 6) is -1.41. The van der Waals surface area contributed by atoms with E-state index in [1.165, 1.54) is 33.4 Å². The molecule has 0 radical (unpaired) electrons. The molecule has 1 N–H and O–H groups in total. The van der Waals surface area contributed by atoms with Gasteiger partial charge in [0.05, 0.1) is 26.7 Å². The van der Waals surface area contributed by atoms with Gasteiger partial charge in [0.25, 0.3) is 5.43 Å². The molecule has 1 aliphatic heterocycles. The van der Waals surface area contributed by atoms with E-state index in [4.69, 9.17) is 18.6 Å². The summed E-state index contributed by atoms with van der Waals surface area (Å²) in [4.78, 5) is 58.6. The first-order valence-electron chi connectivity index (χ1n) is 10.4. The maximum absolute atomic E-state index is 13.2. The molecule has 0 saturated heterocycles. The number of hydrogen-bond donors (Lipinski definition) is 1. The average Bonchev–Trinajstić information content (AvgIpc) is 2.86. The third-order valence-corrected chi connectivity index (χ3v) is 5.40. The number of methoxy groups -OCH3 is 3. The Morgan fingerprint density at radius 3 is 2.51 bits per heavy atom. The molecule has 0 bridgehead atoms. The molecule has 11 heteroatoms. The number of nitrogens with one attached hydrogen (secondary N) is 1. The van der Waals surface area contributed by atoms with Crippen LogP contribution in [0.25, 0.3) is 33.5 Å². The molecule has 35 heavy (non-hydrogen) atoms. The highest BCUT2D eigenvalue weighted by atomic mass is 16.5. The van der Waals surface area contributed by atoms with Crippen LogP contribution in [0.2, 0.25) is 0 Å². The van der Waals surface area contributed by atoms with Crippen molar-refractivity contribution < 1.29 is 33.0 Å². The lowest BCUT2D eigenvalue weighted by atomic mass is 10.0. The largest absolute Gasteiger partial charge is 0.496 e. The number of amides is 1. The highest BCUT2D eigenvalue weighted by Gasteiger charge is 2.29. The van der Waals surface area contributed by atoms with E-state index in [1.807, 2.05) is 0 Å². The maximum Gasteiger partial charge on any atom is 0.328 e. The minimum absolute atomic E-state index is 0.0657. The zero-order valence-corrected chi connectivity index (χ0v) is 19.3. The number of fused-ring (bicyclic) bond motifs is 4. The van der Waals surface area contributed by atoms with Crippen molar-refractivity contribution in [1.82, 2.24) is 15.3 Å². The van der Waals surface area contributed by atoms with Crippen LogP contribution >= 0.6 is 0 Å². The molecule has 2 heterocycles. The SMILES string of the molecule is COC(=O)C(CC(=O)c1cccc2oc3c(OC)c(=O)c4nccc(OC)c4c-3nc12)NC(C)=O. The predicted octanol–water partition coefficient (Wildman–Crippen LogP) is 2.11. The fraction of sp³-hybridized carbons (Fsp3) is 0.250. The fourth-order valence-corrected chi connectivity index (χ4v) is 3.88. The normalized spacial score (nSPS) is 11.9. The molecule has 180 valence electrons. The van der Waals surface area contributed by atoms with Crippen molar-refractivity contribution >= 4 is 39.7 Å². The number of carbonyl (C=O) groups is 3. The minimum atomic E-state index is -1.18.